The average Bonchev–Trinajstić information content (AvgIpc) is 3.41. The van der Waals surface area contributed by atoms with Crippen LogP contribution in [0.4, 0.5) is 4.39 Å². The van der Waals surface area contributed by atoms with E-state index in [0.29, 0.717) is 31.1 Å². The first-order valence-corrected chi connectivity index (χ1v) is 10.0. The van der Waals surface area contributed by atoms with Gasteiger partial charge in [-0.05, 0) is 61.2 Å². The number of sulfonamides is 1. The summed E-state index contributed by atoms with van der Waals surface area (Å²) in [4.78, 5) is 0.108. The third-order valence-electron chi connectivity index (χ3n) is 5.04. The minimum absolute atomic E-state index is 0.108. The molecule has 1 aliphatic heterocycles. The lowest BCUT2D eigenvalue weighted by Crippen LogP contribution is -2.32. The van der Waals surface area contributed by atoms with Crippen LogP contribution in [0.1, 0.15) is 24.0 Å². The smallest absolute Gasteiger partial charge is 0.240 e. The Morgan fingerprint density at radius 2 is 1.81 bits per heavy atom. The van der Waals surface area contributed by atoms with Gasteiger partial charge in [0.2, 0.25) is 10.0 Å². The summed E-state index contributed by atoms with van der Waals surface area (Å²) >= 11 is 0. The van der Waals surface area contributed by atoms with Crippen molar-refractivity contribution in [2.24, 2.45) is 0 Å². The number of hydrogen-bond acceptors (Lipinski definition) is 4. The van der Waals surface area contributed by atoms with E-state index in [9.17, 15) is 12.8 Å². The second kappa shape index (κ2) is 6.25. The molecule has 138 valence electrons. The van der Waals surface area contributed by atoms with Gasteiger partial charge in [0, 0.05) is 12.0 Å². The summed E-state index contributed by atoms with van der Waals surface area (Å²) in [7, 11) is -3.70. The third-order valence-corrected chi connectivity index (χ3v) is 6.60. The van der Waals surface area contributed by atoms with Crippen molar-refractivity contribution >= 4 is 10.0 Å². The molecule has 2 aromatic rings. The highest BCUT2D eigenvalue weighted by atomic mass is 32.2. The highest BCUT2D eigenvalue weighted by molar-refractivity contribution is 7.89. The molecule has 0 spiro atoms. The number of hydrogen-bond donors (Lipinski definition) is 1. The van der Waals surface area contributed by atoms with E-state index in [-0.39, 0.29) is 10.3 Å². The molecule has 4 rings (SSSR count). The van der Waals surface area contributed by atoms with Gasteiger partial charge < -0.3 is 9.47 Å². The zero-order chi connectivity index (χ0) is 18.4. The van der Waals surface area contributed by atoms with Gasteiger partial charge in [0.05, 0.1) is 4.90 Å². The van der Waals surface area contributed by atoms with Crippen molar-refractivity contribution in [3.63, 3.8) is 0 Å². The molecule has 0 amide bonds. The number of nitrogens with one attached hydrogen (secondary N) is 1. The maximum Gasteiger partial charge on any atom is 0.240 e. The Hall–Kier alpha value is -2.12. The van der Waals surface area contributed by atoms with Crippen LogP contribution in [0.5, 0.6) is 11.5 Å². The predicted octanol–water partition coefficient (Wildman–Crippen LogP) is 2.92. The molecule has 2 aromatic carbocycles. The van der Waals surface area contributed by atoms with Gasteiger partial charge >= 0.3 is 0 Å². The molecule has 2 aliphatic rings. The SMILES string of the molecule is Cc1cc(F)ccc1S(=O)(=O)NCC1(c2ccc3c(c2)OCCO3)CC1. The maximum atomic E-state index is 13.2. The zero-order valence-electron chi connectivity index (χ0n) is 14.4. The van der Waals surface area contributed by atoms with Crippen LogP contribution >= 0.6 is 0 Å². The number of aryl methyl sites for hydroxylation is 1. The molecule has 0 unspecified atom stereocenters. The molecule has 1 saturated carbocycles. The standard InChI is InChI=1S/C19H20FNO4S/c1-13-10-15(20)3-5-18(13)26(22,23)21-12-19(6-7-19)14-2-4-16-17(11-14)25-9-8-24-16/h2-5,10-11,21H,6-9,12H2,1H3. The van der Waals surface area contributed by atoms with Crippen LogP contribution in [0, 0.1) is 12.7 Å². The largest absolute Gasteiger partial charge is 0.486 e. The molecule has 7 heteroatoms. The number of fused-ring (bicyclic) bond motifs is 1. The van der Waals surface area contributed by atoms with E-state index in [0.717, 1.165) is 30.2 Å². The van der Waals surface area contributed by atoms with E-state index in [4.69, 9.17) is 9.47 Å². The fraction of sp³-hybridized carbons (Fsp3) is 0.368. The van der Waals surface area contributed by atoms with Gasteiger partial charge in [0.1, 0.15) is 19.0 Å². The van der Waals surface area contributed by atoms with Crippen molar-refractivity contribution in [1.82, 2.24) is 4.72 Å². The molecule has 5 nitrogen and oxygen atoms in total. The summed E-state index contributed by atoms with van der Waals surface area (Å²) in [6.07, 6.45) is 1.80. The van der Waals surface area contributed by atoms with Crippen LogP contribution < -0.4 is 14.2 Å². The van der Waals surface area contributed by atoms with Crippen molar-refractivity contribution in [1.29, 1.82) is 0 Å². The molecule has 0 saturated heterocycles. The van der Waals surface area contributed by atoms with Gasteiger partial charge in [-0.25, -0.2) is 17.5 Å². The predicted molar refractivity (Wildman–Crippen MR) is 94.7 cm³/mol. The summed E-state index contributed by atoms with van der Waals surface area (Å²) in [5.41, 5.74) is 1.21. The number of benzene rings is 2. The number of rotatable bonds is 5. The molecule has 0 bridgehead atoms. The van der Waals surface area contributed by atoms with Gasteiger partial charge in [0.15, 0.2) is 11.5 Å². The van der Waals surface area contributed by atoms with Gasteiger partial charge in [0.25, 0.3) is 0 Å². The van der Waals surface area contributed by atoms with Crippen LogP contribution in [0.15, 0.2) is 41.3 Å². The topological polar surface area (TPSA) is 64.6 Å². The monoisotopic (exact) mass is 377 g/mol. The van der Waals surface area contributed by atoms with Crippen LogP contribution in [0.2, 0.25) is 0 Å². The van der Waals surface area contributed by atoms with Crippen molar-refractivity contribution < 1.29 is 22.3 Å². The summed E-state index contributed by atoms with van der Waals surface area (Å²) in [5.74, 6) is 0.979. The summed E-state index contributed by atoms with van der Waals surface area (Å²) in [6, 6.07) is 9.48. The van der Waals surface area contributed by atoms with Crippen molar-refractivity contribution in [2.45, 2.75) is 30.1 Å². The first-order chi connectivity index (χ1) is 12.4. The van der Waals surface area contributed by atoms with Gasteiger partial charge in [-0.15, -0.1) is 0 Å². The molecule has 1 heterocycles. The van der Waals surface area contributed by atoms with Crippen LogP contribution in [0.3, 0.4) is 0 Å². The first-order valence-electron chi connectivity index (χ1n) is 8.56. The summed E-state index contributed by atoms with van der Waals surface area (Å²) in [5, 5.41) is 0. The van der Waals surface area contributed by atoms with Crippen LogP contribution in [-0.4, -0.2) is 28.2 Å². The molecule has 1 N–H and O–H groups in total. The van der Waals surface area contributed by atoms with E-state index in [1.54, 1.807) is 6.92 Å². The van der Waals surface area contributed by atoms with Crippen molar-refractivity contribution in [3.8, 4) is 11.5 Å². The molecule has 0 aromatic heterocycles. The lowest BCUT2D eigenvalue weighted by Gasteiger charge is -2.22. The number of halogens is 1. The molecular weight excluding hydrogens is 357 g/mol. The fourth-order valence-corrected chi connectivity index (χ4v) is 4.67. The van der Waals surface area contributed by atoms with Crippen LogP contribution in [-0.2, 0) is 15.4 Å². The van der Waals surface area contributed by atoms with Crippen molar-refractivity contribution in [3.05, 3.63) is 53.3 Å². The number of ether oxygens (including phenoxy) is 2. The second-order valence-corrected chi connectivity index (χ2v) is 8.61. The van der Waals surface area contributed by atoms with Crippen molar-refractivity contribution in [2.75, 3.05) is 19.8 Å². The van der Waals surface area contributed by atoms with E-state index in [2.05, 4.69) is 4.72 Å². The zero-order valence-corrected chi connectivity index (χ0v) is 15.2. The second-order valence-electron chi connectivity index (χ2n) is 6.87. The first kappa shape index (κ1) is 17.3. The normalized spacial score (nSPS) is 17.8. The lowest BCUT2D eigenvalue weighted by atomic mass is 9.96. The Morgan fingerprint density at radius 3 is 2.50 bits per heavy atom. The van der Waals surface area contributed by atoms with E-state index in [1.807, 2.05) is 18.2 Å². The summed E-state index contributed by atoms with van der Waals surface area (Å²) in [6.45, 7) is 2.94. The minimum atomic E-state index is -3.70. The average molecular weight is 377 g/mol. The van der Waals surface area contributed by atoms with E-state index >= 15 is 0 Å². The van der Waals surface area contributed by atoms with Crippen LogP contribution in [0.25, 0.3) is 0 Å². The highest BCUT2D eigenvalue weighted by Gasteiger charge is 2.45. The van der Waals surface area contributed by atoms with Gasteiger partial charge in [-0.3, -0.25) is 0 Å². The Balaban J connectivity index is 1.54. The lowest BCUT2D eigenvalue weighted by molar-refractivity contribution is 0.171. The van der Waals surface area contributed by atoms with Gasteiger partial charge in [-0.2, -0.15) is 0 Å². The molecular formula is C19H20FNO4S. The van der Waals surface area contributed by atoms with E-state index in [1.165, 1.54) is 12.1 Å². The van der Waals surface area contributed by atoms with Gasteiger partial charge in [-0.1, -0.05) is 6.07 Å². The fourth-order valence-electron chi connectivity index (χ4n) is 3.32. The maximum absolute atomic E-state index is 13.2. The Labute approximate surface area is 152 Å². The molecule has 1 aliphatic carbocycles. The molecule has 1 fully saturated rings. The third kappa shape index (κ3) is 3.17. The Bertz CT molecular complexity index is 954. The minimum Gasteiger partial charge on any atom is -0.486 e. The Morgan fingerprint density at radius 1 is 1.08 bits per heavy atom. The van der Waals surface area contributed by atoms with E-state index < -0.39 is 15.8 Å². The highest BCUT2D eigenvalue weighted by Crippen LogP contribution is 2.49. The Kier molecular flexibility index (Phi) is 4.16. The molecule has 0 atom stereocenters. The quantitative estimate of drug-likeness (QED) is 0.870. The molecule has 26 heavy (non-hydrogen) atoms. The summed E-state index contributed by atoms with van der Waals surface area (Å²) < 4.78 is 52.4. The molecule has 0 radical (unpaired) electrons.